The third kappa shape index (κ3) is 2.57. The van der Waals surface area contributed by atoms with Crippen LogP contribution in [0, 0.1) is 0 Å². The maximum atomic E-state index is 12.3. The Labute approximate surface area is 124 Å². The number of aryl methyl sites for hydroxylation is 1. The van der Waals surface area contributed by atoms with Gasteiger partial charge in [0.1, 0.15) is 5.60 Å². The fourth-order valence-electron chi connectivity index (χ4n) is 2.76. The minimum Gasteiger partial charge on any atom is -0.381 e. The van der Waals surface area contributed by atoms with Crippen LogP contribution in [0.15, 0.2) is 54.6 Å². The molecule has 0 aromatic heterocycles. The van der Waals surface area contributed by atoms with Gasteiger partial charge in [-0.1, -0.05) is 49.4 Å². The van der Waals surface area contributed by atoms with Gasteiger partial charge in [0.15, 0.2) is 0 Å². The first-order valence-corrected chi connectivity index (χ1v) is 7.28. The Balaban J connectivity index is 1.73. The van der Waals surface area contributed by atoms with Gasteiger partial charge in [0.05, 0.1) is 13.1 Å². The summed E-state index contributed by atoms with van der Waals surface area (Å²) < 4.78 is 0. The zero-order valence-corrected chi connectivity index (χ0v) is 12.1. The largest absolute Gasteiger partial charge is 0.381 e. The molecule has 1 saturated heterocycles. The van der Waals surface area contributed by atoms with Gasteiger partial charge in [-0.05, 0) is 29.7 Å². The Morgan fingerprint density at radius 1 is 1.14 bits per heavy atom. The predicted octanol–water partition coefficient (Wildman–Crippen LogP) is 2.59. The van der Waals surface area contributed by atoms with Crippen LogP contribution >= 0.6 is 0 Å². The van der Waals surface area contributed by atoms with Gasteiger partial charge in [-0.15, -0.1) is 0 Å². The monoisotopic (exact) mass is 281 g/mol. The van der Waals surface area contributed by atoms with Crippen LogP contribution in [0.25, 0.3) is 0 Å². The van der Waals surface area contributed by atoms with E-state index in [2.05, 4.69) is 13.0 Å². The molecule has 1 N–H and O–H groups in total. The molecule has 0 bridgehead atoms. The number of hydrogen-bond donors (Lipinski definition) is 1. The molecule has 1 heterocycles. The molecule has 0 radical (unpaired) electrons. The molecule has 2 aromatic carbocycles. The summed E-state index contributed by atoms with van der Waals surface area (Å²) in [5.74, 6) is -0.0214. The second kappa shape index (κ2) is 5.34. The first kappa shape index (κ1) is 13.8. The summed E-state index contributed by atoms with van der Waals surface area (Å²) in [6.45, 7) is 2.80. The van der Waals surface area contributed by atoms with E-state index in [-0.39, 0.29) is 5.91 Å². The van der Waals surface area contributed by atoms with E-state index in [9.17, 15) is 9.90 Å². The molecular weight excluding hydrogens is 262 g/mol. The van der Waals surface area contributed by atoms with Gasteiger partial charge in [0.25, 0.3) is 5.91 Å². The number of carbonyl (C=O) groups excluding carboxylic acids is 1. The quantitative estimate of drug-likeness (QED) is 0.939. The second-order valence-corrected chi connectivity index (χ2v) is 5.61. The van der Waals surface area contributed by atoms with Gasteiger partial charge in [0, 0.05) is 5.56 Å². The standard InChI is InChI=1S/C18H19NO2/c1-2-14-7-6-10-16(11-14)18(21)12-19(13-18)17(20)15-8-4-3-5-9-15/h3-11,21H,2,12-13H2,1H3. The van der Waals surface area contributed by atoms with Crippen LogP contribution in [-0.4, -0.2) is 29.0 Å². The van der Waals surface area contributed by atoms with Crippen molar-refractivity contribution in [1.82, 2.24) is 4.90 Å². The summed E-state index contributed by atoms with van der Waals surface area (Å²) in [4.78, 5) is 14.0. The lowest BCUT2D eigenvalue weighted by Crippen LogP contribution is -2.61. The number of benzene rings is 2. The fraction of sp³-hybridized carbons (Fsp3) is 0.278. The van der Waals surface area contributed by atoms with E-state index < -0.39 is 5.60 Å². The highest BCUT2D eigenvalue weighted by Crippen LogP contribution is 2.33. The van der Waals surface area contributed by atoms with Crippen LogP contribution in [0.4, 0.5) is 0 Å². The third-order valence-electron chi connectivity index (χ3n) is 4.09. The molecule has 108 valence electrons. The first-order chi connectivity index (χ1) is 10.1. The summed E-state index contributed by atoms with van der Waals surface area (Å²) in [7, 11) is 0. The van der Waals surface area contributed by atoms with E-state index in [1.54, 1.807) is 17.0 Å². The molecule has 1 aliphatic rings. The Morgan fingerprint density at radius 2 is 1.86 bits per heavy atom. The summed E-state index contributed by atoms with van der Waals surface area (Å²) in [5.41, 5.74) is 1.87. The van der Waals surface area contributed by atoms with E-state index in [0.29, 0.717) is 18.7 Å². The molecular formula is C18H19NO2. The minimum atomic E-state index is -0.907. The van der Waals surface area contributed by atoms with E-state index in [1.165, 1.54) is 5.56 Å². The molecule has 21 heavy (non-hydrogen) atoms. The number of aliphatic hydroxyl groups is 1. The molecule has 0 aliphatic carbocycles. The van der Waals surface area contributed by atoms with Crippen LogP contribution in [0.2, 0.25) is 0 Å². The van der Waals surface area contributed by atoms with Gasteiger partial charge in [-0.2, -0.15) is 0 Å². The van der Waals surface area contributed by atoms with Crippen LogP contribution in [0.1, 0.15) is 28.4 Å². The zero-order chi connectivity index (χ0) is 14.9. The van der Waals surface area contributed by atoms with Crippen LogP contribution in [0.5, 0.6) is 0 Å². The molecule has 3 heteroatoms. The highest BCUT2D eigenvalue weighted by atomic mass is 16.3. The normalized spacial score (nSPS) is 16.4. The topological polar surface area (TPSA) is 40.5 Å². The number of likely N-dealkylation sites (tertiary alicyclic amines) is 1. The molecule has 0 spiro atoms. The average molecular weight is 281 g/mol. The predicted molar refractivity (Wildman–Crippen MR) is 82.1 cm³/mol. The van der Waals surface area contributed by atoms with Crippen molar-refractivity contribution in [3.8, 4) is 0 Å². The third-order valence-corrected chi connectivity index (χ3v) is 4.09. The van der Waals surface area contributed by atoms with Crippen molar-refractivity contribution in [3.63, 3.8) is 0 Å². The SMILES string of the molecule is CCc1cccc(C2(O)CN(C(=O)c3ccccc3)C2)c1. The summed E-state index contributed by atoms with van der Waals surface area (Å²) in [6, 6.07) is 17.2. The molecule has 0 saturated carbocycles. The molecule has 3 rings (SSSR count). The molecule has 0 atom stereocenters. The maximum Gasteiger partial charge on any atom is 0.254 e. The number of hydrogen-bond acceptors (Lipinski definition) is 2. The van der Waals surface area contributed by atoms with Gasteiger partial charge < -0.3 is 10.0 Å². The van der Waals surface area contributed by atoms with E-state index in [4.69, 9.17) is 0 Å². The van der Waals surface area contributed by atoms with Crippen molar-refractivity contribution in [2.45, 2.75) is 18.9 Å². The molecule has 1 amide bonds. The van der Waals surface area contributed by atoms with Crippen LogP contribution in [-0.2, 0) is 12.0 Å². The van der Waals surface area contributed by atoms with Crippen molar-refractivity contribution in [2.24, 2.45) is 0 Å². The molecule has 1 fully saturated rings. The highest BCUT2D eigenvalue weighted by molar-refractivity contribution is 5.94. The van der Waals surface area contributed by atoms with E-state index in [0.717, 1.165) is 12.0 Å². The lowest BCUT2D eigenvalue weighted by molar-refractivity contribution is -0.0863. The van der Waals surface area contributed by atoms with Crippen molar-refractivity contribution < 1.29 is 9.90 Å². The zero-order valence-electron chi connectivity index (χ0n) is 12.1. The number of carbonyl (C=O) groups is 1. The van der Waals surface area contributed by atoms with E-state index in [1.807, 2.05) is 36.4 Å². The number of nitrogens with zero attached hydrogens (tertiary/aromatic N) is 1. The van der Waals surface area contributed by atoms with Crippen LogP contribution < -0.4 is 0 Å². The van der Waals surface area contributed by atoms with Crippen molar-refractivity contribution in [2.75, 3.05) is 13.1 Å². The lowest BCUT2D eigenvalue weighted by Gasteiger charge is -2.46. The highest BCUT2D eigenvalue weighted by Gasteiger charge is 2.45. The number of amides is 1. The summed E-state index contributed by atoms with van der Waals surface area (Å²) in [5, 5.41) is 10.7. The Kier molecular flexibility index (Phi) is 3.52. The maximum absolute atomic E-state index is 12.3. The Bertz CT molecular complexity index is 645. The van der Waals surface area contributed by atoms with Gasteiger partial charge >= 0.3 is 0 Å². The van der Waals surface area contributed by atoms with Crippen molar-refractivity contribution in [3.05, 3.63) is 71.3 Å². The Morgan fingerprint density at radius 3 is 2.52 bits per heavy atom. The van der Waals surface area contributed by atoms with Gasteiger partial charge in [0.2, 0.25) is 0 Å². The van der Waals surface area contributed by atoms with Gasteiger partial charge in [-0.3, -0.25) is 4.79 Å². The number of rotatable bonds is 3. The Hall–Kier alpha value is -2.13. The second-order valence-electron chi connectivity index (χ2n) is 5.61. The van der Waals surface area contributed by atoms with E-state index >= 15 is 0 Å². The minimum absolute atomic E-state index is 0.0214. The van der Waals surface area contributed by atoms with Gasteiger partial charge in [-0.25, -0.2) is 0 Å². The van der Waals surface area contributed by atoms with Crippen molar-refractivity contribution >= 4 is 5.91 Å². The first-order valence-electron chi connectivity index (χ1n) is 7.28. The summed E-state index contributed by atoms with van der Waals surface area (Å²) >= 11 is 0. The van der Waals surface area contributed by atoms with Crippen molar-refractivity contribution in [1.29, 1.82) is 0 Å². The smallest absolute Gasteiger partial charge is 0.254 e. The molecule has 2 aromatic rings. The lowest BCUT2D eigenvalue weighted by atomic mass is 9.84. The molecule has 0 unspecified atom stereocenters. The summed E-state index contributed by atoms with van der Waals surface area (Å²) in [6.07, 6.45) is 0.941. The number of β-amino-alcohol motifs (C(OH)–C–C–N with tert-alkyl or cyclic N) is 1. The fourth-order valence-corrected chi connectivity index (χ4v) is 2.76. The molecule has 1 aliphatic heterocycles. The van der Waals surface area contributed by atoms with Crippen LogP contribution in [0.3, 0.4) is 0 Å². The molecule has 3 nitrogen and oxygen atoms in total. The average Bonchev–Trinajstić information content (AvgIpc) is 2.52.